The highest BCUT2D eigenvalue weighted by atomic mass is 16.3. The largest absolute Gasteiger partial charge is 0.384 e. The van der Waals surface area contributed by atoms with Crippen molar-refractivity contribution in [3.05, 3.63) is 23.3 Å². The topological polar surface area (TPSA) is 54.4 Å². The smallest absolute Gasteiger partial charge is 0.167 e. The third-order valence-electron chi connectivity index (χ3n) is 5.35. The van der Waals surface area contributed by atoms with Gasteiger partial charge < -0.3 is 5.11 Å². The minimum absolute atomic E-state index is 0.0150. The molecule has 0 bridgehead atoms. The van der Waals surface area contributed by atoms with Gasteiger partial charge in [-0.25, -0.2) is 0 Å². The van der Waals surface area contributed by atoms with E-state index in [1.807, 2.05) is 27.7 Å². The Bertz CT molecular complexity index is 552. The fourth-order valence-corrected chi connectivity index (χ4v) is 3.92. The molecule has 0 heterocycles. The van der Waals surface area contributed by atoms with E-state index in [4.69, 9.17) is 0 Å². The van der Waals surface area contributed by atoms with E-state index in [1.165, 1.54) is 0 Å². The van der Waals surface area contributed by atoms with Crippen LogP contribution in [-0.4, -0.2) is 22.3 Å². The SMILES string of the molecule is C[C@H]1C(=O)C=C2C=C3C(=O)C(C)(C)C[C@@]3(O)[C@@]21C. The van der Waals surface area contributed by atoms with Gasteiger partial charge in [-0.05, 0) is 24.1 Å². The molecule has 3 rings (SSSR count). The number of fused-ring (bicyclic) bond motifs is 3. The van der Waals surface area contributed by atoms with E-state index in [2.05, 4.69) is 0 Å². The van der Waals surface area contributed by atoms with Gasteiger partial charge >= 0.3 is 0 Å². The second-order valence-corrected chi connectivity index (χ2v) is 6.73. The summed E-state index contributed by atoms with van der Waals surface area (Å²) in [6, 6.07) is 0. The van der Waals surface area contributed by atoms with Gasteiger partial charge in [0.1, 0.15) is 5.60 Å². The molecule has 0 spiro atoms. The molecule has 3 nitrogen and oxygen atoms in total. The molecule has 0 aromatic heterocycles. The van der Waals surface area contributed by atoms with Crippen molar-refractivity contribution in [3.63, 3.8) is 0 Å². The first kappa shape index (κ1) is 11.8. The van der Waals surface area contributed by atoms with Crippen LogP contribution in [0.15, 0.2) is 23.3 Å². The van der Waals surface area contributed by atoms with E-state index in [0.29, 0.717) is 12.0 Å². The third kappa shape index (κ3) is 0.970. The number of Topliss-reactive ketones (excluding diaryl/α,β-unsaturated/α-hetero) is 1. The number of allylic oxidation sites excluding steroid dienone is 2. The lowest BCUT2D eigenvalue weighted by Crippen LogP contribution is -2.47. The molecule has 96 valence electrons. The average molecular weight is 246 g/mol. The van der Waals surface area contributed by atoms with Crippen LogP contribution in [-0.2, 0) is 9.59 Å². The lowest BCUT2D eigenvalue weighted by Gasteiger charge is -2.41. The van der Waals surface area contributed by atoms with Gasteiger partial charge in [0.05, 0.1) is 0 Å². The van der Waals surface area contributed by atoms with E-state index in [0.717, 1.165) is 5.57 Å². The summed E-state index contributed by atoms with van der Waals surface area (Å²) in [4.78, 5) is 24.2. The summed E-state index contributed by atoms with van der Waals surface area (Å²) in [5.74, 6) is -0.206. The number of ketones is 2. The van der Waals surface area contributed by atoms with E-state index in [1.54, 1.807) is 12.2 Å². The Hall–Kier alpha value is -1.22. The molecule has 1 saturated carbocycles. The summed E-state index contributed by atoms with van der Waals surface area (Å²) >= 11 is 0. The van der Waals surface area contributed by atoms with Gasteiger partial charge in [-0.1, -0.05) is 27.7 Å². The normalized spacial score (nSPS) is 44.8. The first-order valence-corrected chi connectivity index (χ1v) is 6.40. The van der Waals surface area contributed by atoms with Crippen LogP contribution < -0.4 is 0 Å². The molecule has 0 aromatic rings. The lowest BCUT2D eigenvalue weighted by atomic mass is 9.65. The van der Waals surface area contributed by atoms with E-state index < -0.39 is 16.4 Å². The maximum absolute atomic E-state index is 12.3. The molecule has 3 heteroatoms. The summed E-state index contributed by atoms with van der Waals surface area (Å²) in [5, 5.41) is 11.1. The molecule has 1 fully saturated rings. The number of carbonyl (C=O) groups excluding carboxylic acids is 2. The number of rotatable bonds is 0. The van der Waals surface area contributed by atoms with Crippen LogP contribution in [0.1, 0.15) is 34.1 Å². The second kappa shape index (κ2) is 2.85. The molecular weight excluding hydrogens is 228 g/mol. The zero-order valence-electron chi connectivity index (χ0n) is 11.2. The number of carbonyl (C=O) groups is 2. The molecule has 0 saturated heterocycles. The highest BCUT2D eigenvalue weighted by Crippen LogP contribution is 2.64. The number of hydrogen-bond donors (Lipinski definition) is 1. The van der Waals surface area contributed by atoms with Crippen LogP contribution in [0.4, 0.5) is 0 Å². The molecule has 18 heavy (non-hydrogen) atoms. The Morgan fingerprint density at radius 1 is 1.22 bits per heavy atom. The van der Waals surface area contributed by atoms with Crippen LogP contribution in [0.25, 0.3) is 0 Å². The minimum Gasteiger partial charge on any atom is -0.384 e. The van der Waals surface area contributed by atoms with Gasteiger partial charge in [-0.15, -0.1) is 0 Å². The summed E-state index contributed by atoms with van der Waals surface area (Å²) in [7, 11) is 0. The molecule has 0 aliphatic heterocycles. The highest BCUT2D eigenvalue weighted by Gasteiger charge is 2.68. The molecule has 1 N–H and O–H groups in total. The molecule has 0 aromatic carbocycles. The van der Waals surface area contributed by atoms with Crippen LogP contribution in [0.2, 0.25) is 0 Å². The second-order valence-electron chi connectivity index (χ2n) is 6.73. The van der Waals surface area contributed by atoms with Gasteiger partial charge in [0.2, 0.25) is 0 Å². The van der Waals surface area contributed by atoms with Gasteiger partial charge in [0.25, 0.3) is 0 Å². The molecule has 0 unspecified atom stereocenters. The van der Waals surface area contributed by atoms with Crippen molar-refractivity contribution in [2.45, 2.75) is 39.7 Å². The Labute approximate surface area is 107 Å². The molecule has 0 amide bonds. The summed E-state index contributed by atoms with van der Waals surface area (Å²) < 4.78 is 0. The van der Waals surface area contributed by atoms with Crippen molar-refractivity contribution < 1.29 is 14.7 Å². The predicted octanol–water partition coefficient (Wildman–Crippen LogP) is 1.81. The van der Waals surface area contributed by atoms with E-state index in [-0.39, 0.29) is 17.5 Å². The first-order chi connectivity index (χ1) is 8.14. The third-order valence-corrected chi connectivity index (χ3v) is 5.35. The van der Waals surface area contributed by atoms with Crippen molar-refractivity contribution in [1.82, 2.24) is 0 Å². The Balaban J connectivity index is 2.24. The summed E-state index contributed by atoms with van der Waals surface area (Å²) in [6.45, 7) is 7.48. The summed E-state index contributed by atoms with van der Waals surface area (Å²) in [5.41, 5.74) is -1.03. The zero-order valence-corrected chi connectivity index (χ0v) is 11.2. The van der Waals surface area contributed by atoms with Crippen molar-refractivity contribution in [3.8, 4) is 0 Å². The first-order valence-electron chi connectivity index (χ1n) is 6.40. The number of aliphatic hydroxyl groups is 1. The maximum Gasteiger partial charge on any atom is 0.167 e. The van der Waals surface area contributed by atoms with Crippen LogP contribution >= 0.6 is 0 Å². The Morgan fingerprint density at radius 2 is 1.83 bits per heavy atom. The fourth-order valence-electron chi connectivity index (χ4n) is 3.92. The lowest BCUT2D eigenvalue weighted by molar-refractivity contribution is -0.124. The van der Waals surface area contributed by atoms with Crippen LogP contribution in [0, 0.1) is 16.7 Å². The fraction of sp³-hybridized carbons (Fsp3) is 0.600. The van der Waals surface area contributed by atoms with Crippen molar-refractivity contribution >= 4 is 11.6 Å². The van der Waals surface area contributed by atoms with Gasteiger partial charge in [0, 0.05) is 22.3 Å². The van der Waals surface area contributed by atoms with E-state index >= 15 is 0 Å². The zero-order chi connectivity index (χ0) is 13.5. The highest BCUT2D eigenvalue weighted by molar-refractivity contribution is 6.08. The van der Waals surface area contributed by atoms with Gasteiger partial charge in [-0.3, -0.25) is 9.59 Å². The van der Waals surface area contributed by atoms with Crippen molar-refractivity contribution in [1.29, 1.82) is 0 Å². The standard InChI is InChI=1S/C15H18O3/c1-8-11(16)6-9-5-10-12(17)13(2,3)7-15(10,18)14(8,9)4/h5-6,8,18H,7H2,1-4H3/t8-,14+,15-/m0/s1. The quantitative estimate of drug-likeness (QED) is 0.709. The Morgan fingerprint density at radius 3 is 2.44 bits per heavy atom. The molecular formula is C15H18O3. The monoisotopic (exact) mass is 246 g/mol. The van der Waals surface area contributed by atoms with Gasteiger partial charge in [0.15, 0.2) is 11.6 Å². The predicted molar refractivity (Wildman–Crippen MR) is 66.8 cm³/mol. The van der Waals surface area contributed by atoms with Crippen molar-refractivity contribution in [2.24, 2.45) is 16.7 Å². The number of hydrogen-bond acceptors (Lipinski definition) is 3. The minimum atomic E-state index is -1.18. The average Bonchev–Trinajstić information content (AvgIpc) is 2.68. The van der Waals surface area contributed by atoms with Crippen LogP contribution in [0.5, 0.6) is 0 Å². The molecule has 3 atom stereocenters. The van der Waals surface area contributed by atoms with Gasteiger partial charge in [-0.2, -0.15) is 0 Å². The molecule has 3 aliphatic rings. The van der Waals surface area contributed by atoms with E-state index in [9.17, 15) is 14.7 Å². The molecule has 3 aliphatic carbocycles. The Kier molecular flexibility index (Phi) is 1.88. The summed E-state index contributed by atoms with van der Waals surface area (Å²) in [6.07, 6.45) is 3.74. The maximum atomic E-state index is 12.3. The molecule has 0 radical (unpaired) electrons. The van der Waals surface area contributed by atoms with Crippen LogP contribution in [0.3, 0.4) is 0 Å². The van der Waals surface area contributed by atoms with Crippen molar-refractivity contribution in [2.75, 3.05) is 0 Å².